The van der Waals surface area contributed by atoms with E-state index in [0.717, 1.165) is 23.4 Å². The van der Waals surface area contributed by atoms with E-state index in [1.165, 1.54) is 11.9 Å². The van der Waals surface area contributed by atoms with Crippen LogP contribution in [-0.4, -0.2) is 23.7 Å². The minimum atomic E-state index is -0.264. The van der Waals surface area contributed by atoms with Crippen LogP contribution in [0.1, 0.15) is 22.9 Å². The average molecular weight is 272 g/mol. The lowest BCUT2D eigenvalue weighted by molar-refractivity contribution is 0.350. The molecule has 0 spiro atoms. The molecule has 6 nitrogen and oxygen atoms in total. The molecule has 1 aliphatic rings. The molecule has 0 saturated heterocycles. The highest BCUT2D eigenvalue weighted by Gasteiger charge is 2.23. The van der Waals surface area contributed by atoms with E-state index in [0.29, 0.717) is 12.5 Å². The third kappa shape index (κ3) is 2.19. The molecule has 0 saturated carbocycles. The van der Waals surface area contributed by atoms with Crippen molar-refractivity contribution in [1.29, 1.82) is 0 Å². The summed E-state index contributed by atoms with van der Waals surface area (Å²) in [5.41, 5.74) is 5.70. The fourth-order valence-electron chi connectivity index (χ4n) is 2.43. The van der Waals surface area contributed by atoms with E-state index in [9.17, 15) is 0 Å². The van der Waals surface area contributed by atoms with Crippen molar-refractivity contribution >= 4 is 0 Å². The van der Waals surface area contributed by atoms with Gasteiger partial charge in [-0.05, 0) is 5.56 Å². The SMILES string of the molecule is COc1cc(C(NN)c2cccc3c2OCC3)ncn1. The molecule has 1 aromatic heterocycles. The Labute approximate surface area is 116 Å². The minimum Gasteiger partial charge on any atom is -0.493 e. The summed E-state index contributed by atoms with van der Waals surface area (Å²) in [6.07, 6.45) is 2.39. The lowest BCUT2D eigenvalue weighted by Crippen LogP contribution is -2.30. The lowest BCUT2D eigenvalue weighted by Gasteiger charge is -2.18. The molecule has 1 unspecified atom stereocenters. The fourth-order valence-corrected chi connectivity index (χ4v) is 2.43. The lowest BCUT2D eigenvalue weighted by atomic mass is 10.00. The van der Waals surface area contributed by atoms with E-state index in [2.05, 4.69) is 21.5 Å². The Hall–Kier alpha value is -2.18. The van der Waals surface area contributed by atoms with Crippen LogP contribution in [0.3, 0.4) is 0 Å². The smallest absolute Gasteiger partial charge is 0.216 e. The summed E-state index contributed by atoms with van der Waals surface area (Å²) >= 11 is 0. The van der Waals surface area contributed by atoms with Crippen LogP contribution in [0.2, 0.25) is 0 Å². The van der Waals surface area contributed by atoms with Crippen LogP contribution in [0, 0.1) is 0 Å². The number of hydrogen-bond donors (Lipinski definition) is 2. The number of fused-ring (bicyclic) bond motifs is 1. The maximum atomic E-state index is 5.72. The maximum Gasteiger partial charge on any atom is 0.216 e. The molecule has 1 aliphatic heterocycles. The van der Waals surface area contributed by atoms with Gasteiger partial charge in [-0.2, -0.15) is 0 Å². The first-order chi connectivity index (χ1) is 9.83. The quantitative estimate of drug-likeness (QED) is 0.637. The second-order valence-corrected chi connectivity index (χ2v) is 4.52. The van der Waals surface area contributed by atoms with Crippen LogP contribution < -0.4 is 20.7 Å². The Morgan fingerprint density at radius 1 is 1.40 bits per heavy atom. The molecule has 1 aromatic carbocycles. The highest BCUT2D eigenvalue weighted by molar-refractivity contribution is 5.48. The van der Waals surface area contributed by atoms with Crippen molar-refractivity contribution in [2.24, 2.45) is 5.84 Å². The highest BCUT2D eigenvalue weighted by Crippen LogP contribution is 2.35. The number of nitrogens with zero attached hydrogens (tertiary/aromatic N) is 2. The Morgan fingerprint density at radius 3 is 3.10 bits per heavy atom. The van der Waals surface area contributed by atoms with Crippen LogP contribution in [0.15, 0.2) is 30.6 Å². The second-order valence-electron chi connectivity index (χ2n) is 4.52. The van der Waals surface area contributed by atoms with E-state index in [-0.39, 0.29) is 6.04 Å². The van der Waals surface area contributed by atoms with E-state index < -0.39 is 0 Å². The van der Waals surface area contributed by atoms with Crippen molar-refractivity contribution in [1.82, 2.24) is 15.4 Å². The zero-order valence-corrected chi connectivity index (χ0v) is 11.2. The molecule has 0 amide bonds. The molecule has 0 radical (unpaired) electrons. The van der Waals surface area contributed by atoms with E-state index in [1.807, 2.05) is 12.1 Å². The molecule has 2 heterocycles. The normalized spacial score (nSPS) is 14.5. The molecule has 3 rings (SSSR count). The van der Waals surface area contributed by atoms with Crippen molar-refractivity contribution in [2.45, 2.75) is 12.5 Å². The van der Waals surface area contributed by atoms with Gasteiger partial charge in [0.25, 0.3) is 0 Å². The Morgan fingerprint density at radius 2 is 2.30 bits per heavy atom. The number of nitrogens with two attached hydrogens (primary N) is 1. The minimum absolute atomic E-state index is 0.264. The number of rotatable bonds is 4. The van der Waals surface area contributed by atoms with Gasteiger partial charge in [0.2, 0.25) is 5.88 Å². The summed E-state index contributed by atoms with van der Waals surface area (Å²) in [5.74, 6) is 7.12. The van der Waals surface area contributed by atoms with Crippen LogP contribution in [0.25, 0.3) is 0 Å². The molecule has 0 fully saturated rings. The second kappa shape index (κ2) is 5.44. The van der Waals surface area contributed by atoms with Gasteiger partial charge in [-0.15, -0.1) is 0 Å². The van der Waals surface area contributed by atoms with Crippen LogP contribution in [-0.2, 0) is 6.42 Å². The number of hydrogen-bond acceptors (Lipinski definition) is 6. The summed E-state index contributed by atoms with van der Waals surface area (Å²) in [4.78, 5) is 8.28. The summed E-state index contributed by atoms with van der Waals surface area (Å²) in [6, 6.07) is 7.56. The molecule has 1 atom stereocenters. The Balaban J connectivity index is 2.04. The molecular weight excluding hydrogens is 256 g/mol. The van der Waals surface area contributed by atoms with Gasteiger partial charge < -0.3 is 9.47 Å². The molecular formula is C14H16N4O2. The highest BCUT2D eigenvalue weighted by atomic mass is 16.5. The van der Waals surface area contributed by atoms with Gasteiger partial charge in [0.05, 0.1) is 25.5 Å². The number of hydrazine groups is 1. The van der Waals surface area contributed by atoms with Crippen molar-refractivity contribution < 1.29 is 9.47 Å². The van der Waals surface area contributed by atoms with Crippen molar-refractivity contribution in [3.63, 3.8) is 0 Å². The number of aromatic nitrogens is 2. The largest absolute Gasteiger partial charge is 0.493 e. The van der Waals surface area contributed by atoms with E-state index in [4.69, 9.17) is 15.3 Å². The average Bonchev–Trinajstić information content (AvgIpc) is 2.97. The maximum absolute atomic E-state index is 5.72. The Bertz CT molecular complexity index is 618. The third-order valence-electron chi connectivity index (χ3n) is 3.39. The van der Waals surface area contributed by atoms with E-state index >= 15 is 0 Å². The summed E-state index contributed by atoms with van der Waals surface area (Å²) in [7, 11) is 1.57. The number of benzene rings is 1. The number of nitrogens with one attached hydrogen (secondary N) is 1. The van der Waals surface area contributed by atoms with Gasteiger partial charge in [-0.1, -0.05) is 18.2 Å². The zero-order valence-electron chi connectivity index (χ0n) is 11.2. The molecule has 2 aromatic rings. The summed E-state index contributed by atoms with van der Waals surface area (Å²) in [5, 5.41) is 0. The summed E-state index contributed by atoms with van der Waals surface area (Å²) in [6.45, 7) is 0.705. The molecule has 104 valence electrons. The van der Waals surface area contributed by atoms with Gasteiger partial charge >= 0.3 is 0 Å². The molecule has 6 heteroatoms. The third-order valence-corrected chi connectivity index (χ3v) is 3.39. The van der Waals surface area contributed by atoms with Gasteiger partial charge in [0, 0.05) is 18.1 Å². The van der Waals surface area contributed by atoms with Crippen molar-refractivity contribution in [3.05, 3.63) is 47.4 Å². The fraction of sp³-hybridized carbons (Fsp3) is 0.286. The van der Waals surface area contributed by atoms with Crippen molar-refractivity contribution in [2.75, 3.05) is 13.7 Å². The standard InChI is InChI=1S/C14H16N4O2/c1-19-12-7-11(16-8-17-12)13(18-15)10-4-2-3-9-5-6-20-14(9)10/h2-4,7-8,13,18H,5-6,15H2,1H3. The van der Waals surface area contributed by atoms with Crippen LogP contribution in [0.4, 0.5) is 0 Å². The zero-order chi connectivity index (χ0) is 13.9. The molecule has 20 heavy (non-hydrogen) atoms. The number of ether oxygens (including phenoxy) is 2. The van der Waals surface area contributed by atoms with Crippen LogP contribution >= 0.6 is 0 Å². The first kappa shape index (κ1) is 12.8. The van der Waals surface area contributed by atoms with Crippen LogP contribution in [0.5, 0.6) is 11.6 Å². The van der Waals surface area contributed by atoms with E-state index in [1.54, 1.807) is 13.2 Å². The summed E-state index contributed by atoms with van der Waals surface area (Å²) < 4.78 is 10.8. The molecule has 0 aliphatic carbocycles. The van der Waals surface area contributed by atoms with Gasteiger partial charge in [0.1, 0.15) is 12.1 Å². The monoisotopic (exact) mass is 272 g/mol. The molecule has 3 N–H and O–H groups in total. The topological polar surface area (TPSA) is 82.3 Å². The van der Waals surface area contributed by atoms with Gasteiger partial charge in [-0.25, -0.2) is 15.4 Å². The molecule has 0 bridgehead atoms. The van der Waals surface area contributed by atoms with Gasteiger partial charge in [-0.3, -0.25) is 5.84 Å². The number of para-hydroxylation sites is 1. The Kier molecular flexibility index (Phi) is 3.49. The van der Waals surface area contributed by atoms with Gasteiger partial charge in [0.15, 0.2) is 0 Å². The predicted octanol–water partition coefficient (Wildman–Crippen LogP) is 0.973. The number of methoxy groups -OCH3 is 1. The first-order valence-corrected chi connectivity index (χ1v) is 6.40. The predicted molar refractivity (Wildman–Crippen MR) is 73.4 cm³/mol. The first-order valence-electron chi connectivity index (χ1n) is 6.40. The van der Waals surface area contributed by atoms with Crippen molar-refractivity contribution in [3.8, 4) is 11.6 Å².